The lowest BCUT2D eigenvalue weighted by Gasteiger charge is -2.17. The molecule has 0 aromatic heterocycles. The molecule has 0 radical (unpaired) electrons. The van der Waals surface area contributed by atoms with Crippen LogP contribution >= 0.6 is 0 Å². The molecule has 0 aliphatic heterocycles. The monoisotopic (exact) mass is 294 g/mol. The van der Waals surface area contributed by atoms with Crippen molar-refractivity contribution in [3.05, 3.63) is 29.3 Å². The van der Waals surface area contributed by atoms with Crippen molar-refractivity contribution < 1.29 is 14.6 Å². The van der Waals surface area contributed by atoms with Crippen LogP contribution in [0.5, 0.6) is 5.75 Å². The molecule has 1 unspecified atom stereocenters. The van der Waals surface area contributed by atoms with E-state index in [2.05, 4.69) is 10.6 Å². The Kier molecular flexibility index (Phi) is 7.02. The molecule has 3 N–H and O–H groups in total. The van der Waals surface area contributed by atoms with E-state index in [1.165, 1.54) is 0 Å². The Morgan fingerprint density at radius 2 is 2.10 bits per heavy atom. The van der Waals surface area contributed by atoms with E-state index in [-0.39, 0.29) is 24.8 Å². The third kappa shape index (κ3) is 6.04. The maximum atomic E-state index is 11.8. The number of ether oxygens (including phenoxy) is 1. The van der Waals surface area contributed by atoms with Gasteiger partial charge in [-0.2, -0.15) is 0 Å². The summed E-state index contributed by atoms with van der Waals surface area (Å²) in [5.41, 5.74) is 2.05. The van der Waals surface area contributed by atoms with E-state index in [4.69, 9.17) is 9.84 Å². The van der Waals surface area contributed by atoms with E-state index in [1.54, 1.807) is 0 Å². The van der Waals surface area contributed by atoms with Crippen LogP contribution < -0.4 is 15.4 Å². The van der Waals surface area contributed by atoms with Gasteiger partial charge in [0.2, 0.25) is 0 Å². The van der Waals surface area contributed by atoms with Crippen LogP contribution in [-0.4, -0.2) is 29.9 Å². The number of aryl methyl sites for hydroxylation is 1. The van der Waals surface area contributed by atoms with E-state index in [1.807, 2.05) is 45.9 Å². The zero-order valence-corrected chi connectivity index (χ0v) is 13.3. The second-order valence-corrected chi connectivity index (χ2v) is 5.39. The fourth-order valence-electron chi connectivity index (χ4n) is 1.86. The summed E-state index contributed by atoms with van der Waals surface area (Å²) in [6.07, 6.45) is 0.772. The van der Waals surface area contributed by atoms with Crippen LogP contribution in [0.1, 0.15) is 38.3 Å². The number of amides is 2. The molecule has 0 heterocycles. The molecule has 21 heavy (non-hydrogen) atoms. The number of rotatable bonds is 7. The highest BCUT2D eigenvalue weighted by Gasteiger charge is 2.11. The molecule has 5 heteroatoms. The summed E-state index contributed by atoms with van der Waals surface area (Å²) >= 11 is 0. The van der Waals surface area contributed by atoms with Crippen LogP contribution in [0, 0.1) is 6.92 Å². The zero-order chi connectivity index (χ0) is 15.8. The molecule has 5 nitrogen and oxygen atoms in total. The Bertz CT molecular complexity index is 457. The maximum Gasteiger partial charge on any atom is 0.315 e. The minimum atomic E-state index is -0.285. The number of urea groups is 1. The fraction of sp³-hybridized carbons (Fsp3) is 0.562. The summed E-state index contributed by atoms with van der Waals surface area (Å²) in [7, 11) is 0. The third-order valence-corrected chi connectivity index (χ3v) is 3.07. The van der Waals surface area contributed by atoms with E-state index in [9.17, 15) is 4.79 Å². The van der Waals surface area contributed by atoms with E-state index in [0.29, 0.717) is 13.0 Å². The second kappa shape index (κ2) is 8.52. The normalized spacial score (nSPS) is 12.1. The Hall–Kier alpha value is -1.75. The highest BCUT2D eigenvalue weighted by Crippen LogP contribution is 2.21. The van der Waals surface area contributed by atoms with Gasteiger partial charge in [0, 0.05) is 12.1 Å². The number of benzene rings is 1. The number of carbonyl (C=O) groups is 1. The van der Waals surface area contributed by atoms with Crippen molar-refractivity contribution in [1.29, 1.82) is 0 Å². The SMILES string of the molecule is CCC(CO)NC(=O)NCc1ccc(C)cc1OC(C)C. The van der Waals surface area contributed by atoms with Crippen LogP contribution in [-0.2, 0) is 6.54 Å². The van der Waals surface area contributed by atoms with Crippen LogP contribution in [0.25, 0.3) is 0 Å². The Labute approximate surface area is 126 Å². The minimum Gasteiger partial charge on any atom is -0.491 e. The van der Waals surface area contributed by atoms with Gasteiger partial charge >= 0.3 is 6.03 Å². The van der Waals surface area contributed by atoms with Crippen molar-refractivity contribution in [2.24, 2.45) is 0 Å². The van der Waals surface area contributed by atoms with E-state index < -0.39 is 0 Å². The van der Waals surface area contributed by atoms with Gasteiger partial charge in [0.25, 0.3) is 0 Å². The molecule has 0 spiro atoms. The largest absolute Gasteiger partial charge is 0.491 e. The van der Waals surface area contributed by atoms with Gasteiger partial charge in [-0.15, -0.1) is 0 Å². The number of aliphatic hydroxyl groups excluding tert-OH is 1. The van der Waals surface area contributed by atoms with Crippen LogP contribution in [0.4, 0.5) is 4.79 Å². The summed E-state index contributed by atoms with van der Waals surface area (Å²) in [6, 6.07) is 5.42. The average Bonchev–Trinajstić information content (AvgIpc) is 2.43. The minimum absolute atomic E-state index is 0.0594. The molecule has 0 fully saturated rings. The molecule has 1 atom stereocenters. The first-order valence-corrected chi connectivity index (χ1v) is 7.37. The Morgan fingerprint density at radius 1 is 1.38 bits per heavy atom. The van der Waals surface area contributed by atoms with Gasteiger partial charge in [0.05, 0.1) is 18.8 Å². The fourth-order valence-corrected chi connectivity index (χ4v) is 1.86. The average molecular weight is 294 g/mol. The smallest absolute Gasteiger partial charge is 0.315 e. The Balaban J connectivity index is 2.64. The lowest BCUT2D eigenvalue weighted by Crippen LogP contribution is -2.43. The number of carbonyl (C=O) groups excluding carboxylic acids is 1. The van der Waals surface area contributed by atoms with Crippen molar-refractivity contribution >= 4 is 6.03 Å². The molecule has 118 valence electrons. The predicted molar refractivity (Wildman–Crippen MR) is 83.5 cm³/mol. The van der Waals surface area contributed by atoms with Crippen molar-refractivity contribution in [1.82, 2.24) is 10.6 Å². The number of hydrogen-bond acceptors (Lipinski definition) is 3. The van der Waals surface area contributed by atoms with Gasteiger partial charge in [-0.1, -0.05) is 19.1 Å². The van der Waals surface area contributed by atoms with Crippen molar-refractivity contribution in [2.45, 2.75) is 52.8 Å². The second-order valence-electron chi connectivity index (χ2n) is 5.39. The first-order chi connectivity index (χ1) is 9.96. The Morgan fingerprint density at radius 3 is 2.67 bits per heavy atom. The molecule has 1 aromatic carbocycles. The van der Waals surface area contributed by atoms with Crippen molar-refractivity contribution in [3.63, 3.8) is 0 Å². The lowest BCUT2D eigenvalue weighted by molar-refractivity contribution is 0.214. The molecule has 0 aliphatic carbocycles. The molecule has 0 saturated heterocycles. The molecular formula is C16H26N2O3. The maximum absolute atomic E-state index is 11.8. The van der Waals surface area contributed by atoms with Gasteiger partial charge in [-0.25, -0.2) is 4.79 Å². The molecule has 0 saturated carbocycles. The molecule has 1 rings (SSSR count). The lowest BCUT2D eigenvalue weighted by atomic mass is 10.1. The first kappa shape index (κ1) is 17.3. The van der Waals surface area contributed by atoms with Crippen molar-refractivity contribution in [3.8, 4) is 5.75 Å². The third-order valence-electron chi connectivity index (χ3n) is 3.07. The van der Waals surface area contributed by atoms with Crippen LogP contribution in [0.2, 0.25) is 0 Å². The van der Waals surface area contributed by atoms with Gasteiger partial charge in [-0.05, 0) is 38.8 Å². The van der Waals surface area contributed by atoms with Gasteiger partial charge in [-0.3, -0.25) is 0 Å². The summed E-state index contributed by atoms with van der Waals surface area (Å²) in [6.45, 7) is 8.19. The summed E-state index contributed by atoms with van der Waals surface area (Å²) in [4.78, 5) is 11.8. The summed E-state index contributed by atoms with van der Waals surface area (Å²) in [5.74, 6) is 0.791. The predicted octanol–water partition coefficient (Wildman–Crippen LogP) is 2.35. The topological polar surface area (TPSA) is 70.6 Å². The van der Waals surface area contributed by atoms with E-state index in [0.717, 1.165) is 16.9 Å². The highest BCUT2D eigenvalue weighted by molar-refractivity contribution is 5.74. The zero-order valence-electron chi connectivity index (χ0n) is 13.3. The van der Waals surface area contributed by atoms with Crippen molar-refractivity contribution in [2.75, 3.05) is 6.61 Å². The summed E-state index contributed by atoms with van der Waals surface area (Å²) < 4.78 is 5.77. The molecule has 2 amide bonds. The standard InChI is InChI=1S/C16H26N2O3/c1-5-14(10-19)18-16(20)17-9-13-7-6-12(4)8-15(13)21-11(2)3/h6-8,11,14,19H,5,9-10H2,1-4H3,(H2,17,18,20). The van der Waals surface area contributed by atoms with Crippen LogP contribution in [0.3, 0.4) is 0 Å². The molecular weight excluding hydrogens is 268 g/mol. The number of aliphatic hydroxyl groups is 1. The highest BCUT2D eigenvalue weighted by atomic mass is 16.5. The molecule has 1 aromatic rings. The quantitative estimate of drug-likeness (QED) is 0.723. The number of nitrogens with one attached hydrogen (secondary N) is 2. The van der Waals surface area contributed by atoms with Gasteiger partial charge < -0.3 is 20.5 Å². The van der Waals surface area contributed by atoms with E-state index >= 15 is 0 Å². The van der Waals surface area contributed by atoms with Gasteiger partial charge in [0.15, 0.2) is 0 Å². The number of hydrogen-bond donors (Lipinski definition) is 3. The van der Waals surface area contributed by atoms with Gasteiger partial charge in [0.1, 0.15) is 5.75 Å². The van der Waals surface area contributed by atoms with Crippen LogP contribution in [0.15, 0.2) is 18.2 Å². The first-order valence-electron chi connectivity index (χ1n) is 7.37. The molecule has 0 aliphatic rings. The molecule has 0 bridgehead atoms. The summed E-state index contributed by atoms with van der Waals surface area (Å²) in [5, 5.41) is 14.6.